The summed E-state index contributed by atoms with van der Waals surface area (Å²) in [5, 5.41) is 1.24. The van der Waals surface area contributed by atoms with E-state index >= 15 is 0 Å². The Morgan fingerprint density at radius 2 is 1.63 bits per heavy atom. The highest BCUT2D eigenvalue weighted by Crippen LogP contribution is 2.34. The standard InChI is InChI=1S/C25H29N3OS/c29-25(28-12-4-5-13-28)24-19-21-22(9-6-10-23(21)30-24)27-17-15-26(16-18-27)14-11-20-7-2-1-3-8-20/h1-3,6-10,19H,4-5,11-18H2. The zero-order chi connectivity index (χ0) is 20.3. The average Bonchev–Trinajstić information content (AvgIpc) is 3.48. The molecule has 2 fully saturated rings. The van der Waals surface area contributed by atoms with E-state index in [4.69, 9.17) is 0 Å². The maximum atomic E-state index is 12.9. The number of nitrogens with zero attached hydrogens (tertiary/aromatic N) is 3. The highest BCUT2D eigenvalue weighted by atomic mass is 32.1. The van der Waals surface area contributed by atoms with Gasteiger partial charge in [-0.2, -0.15) is 0 Å². The SMILES string of the molecule is O=C(c1cc2c(N3CCN(CCc4ccccc4)CC3)cccc2s1)N1CCCC1. The number of carbonyl (C=O) groups is 1. The zero-order valence-electron chi connectivity index (χ0n) is 17.4. The van der Waals surface area contributed by atoms with Gasteiger partial charge in [-0.1, -0.05) is 36.4 Å². The van der Waals surface area contributed by atoms with Crippen LogP contribution in [0.25, 0.3) is 10.1 Å². The zero-order valence-corrected chi connectivity index (χ0v) is 18.2. The number of hydrogen-bond acceptors (Lipinski definition) is 4. The van der Waals surface area contributed by atoms with Gasteiger partial charge in [0, 0.05) is 61.6 Å². The third kappa shape index (κ3) is 4.09. The summed E-state index contributed by atoms with van der Waals surface area (Å²) in [6.45, 7) is 7.20. The molecule has 4 nitrogen and oxygen atoms in total. The molecule has 1 aromatic heterocycles. The molecule has 0 radical (unpaired) electrons. The molecule has 0 N–H and O–H groups in total. The molecule has 5 rings (SSSR count). The second-order valence-corrected chi connectivity index (χ2v) is 9.45. The monoisotopic (exact) mass is 419 g/mol. The lowest BCUT2D eigenvalue weighted by Gasteiger charge is -2.36. The van der Waals surface area contributed by atoms with E-state index in [1.165, 1.54) is 21.3 Å². The summed E-state index contributed by atoms with van der Waals surface area (Å²) < 4.78 is 1.22. The van der Waals surface area contributed by atoms with Gasteiger partial charge >= 0.3 is 0 Å². The molecule has 3 aromatic rings. The summed E-state index contributed by atoms with van der Waals surface area (Å²) in [7, 11) is 0. The van der Waals surface area contributed by atoms with Crippen molar-refractivity contribution in [3.05, 3.63) is 65.0 Å². The second-order valence-electron chi connectivity index (χ2n) is 8.36. The summed E-state index contributed by atoms with van der Waals surface area (Å²) in [5.41, 5.74) is 2.70. The van der Waals surface area contributed by atoms with E-state index in [0.717, 1.165) is 70.0 Å². The number of piperazine rings is 1. The lowest BCUT2D eigenvalue weighted by Crippen LogP contribution is -2.47. The van der Waals surface area contributed by atoms with Crippen LogP contribution in [0.15, 0.2) is 54.6 Å². The predicted molar refractivity (Wildman–Crippen MR) is 126 cm³/mol. The van der Waals surface area contributed by atoms with Gasteiger partial charge in [0.25, 0.3) is 5.91 Å². The molecule has 1 amide bonds. The molecular weight excluding hydrogens is 390 g/mol. The van der Waals surface area contributed by atoms with Crippen molar-refractivity contribution in [3.63, 3.8) is 0 Å². The van der Waals surface area contributed by atoms with Gasteiger partial charge in [-0.05, 0) is 43.0 Å². The van der Waals surface area contributed by atoms with Crippen LogP contribution in [-0.4, -0.2) is 61.5 Å². The van der Waals surface area contributed by atoms with Crippen molar-refractivity contribution >= 4 is 33.0 Å². The fourth-order valence-corrected chi connectivity index (χ4v) is 5.70. The van der Waals surface area contributed by atoms with Crippen LogP contribution in [0.5, 0.6) is 0 Å². The van der Waals surface area contributed by atoms with Crippen LogP contribution in [0, 0.1) is 0 Å². The van der Waals surface area contributed by atoms with Crippen LogP contribution >= 0.6 is 11.3 Å². The summed E-state index contributed by atoms with van der Waals surface area (Å²) in [4.78, 5) is 20.8. The van der Waals surface area contributed by atoms with E-state index in [1.54, 1.807) is 11.3 Å². The molecule has 0 unspecified atom stereocenters. The van der Waals surface area contributed by atoms with Gasteiger partial charge in [-0.15, -0.1) is 11.3 Å². The molecule has 2 aromatic carbocycles. The van der Waals surface area contributed by atoms with Gasteiger partial charge in [-0.3, -0.25) is 9.69 Å². The number of likely N-dealkylation sites (tertiary alicyclic amines) is 1. The molecule has 156 valence electrons. The van der Waals surface area contributed by atoms with E-state index in [9.17, 15) is 4.79 Å². The Bertz CT molecular complexity index is 1000. The molecule has 0 saturated carbocycles. The van der Waals surface area contributed by atoms with E-state index in [-0.39, 0.29) is 5.91 Å². The first kappa shape index (κ1) is 19.6. The number of amides is 1. The first-order chi connectivity index (χ1) is 14.8. The third-order valence-electron chi connectivity index (χ3n) is 6.42. The van der Waals surface area contributed by atoms with E-state index in [0.29, 0.717) is 0 Å². The summed E-state index contributed by atoms with van der Waals surface area (Å²) in [5.74, 6) is 0.213. The van der Waals surface area contributed by atoms with Crippen LogP contribution in [0.1, 0.15) is 28.1 Å². The molecule has 0 atom stereocenters. The minimum absolute atomic E-state index is 0.213. The number of carbonyl (C=O) groups excluding carboxylic acids is 1. The van der Waals surface area contributed by atoms with Gasteiger partial charge in [0.2, 0.25) is 0 Å². The minimum atomic E-state index is 0.213. The van der Waals surface area contributed by atoms with E-state index in [1.807, 2.05) is 4.90 Å². The predicted octanol–water partition coefficient (Wildman–Crippen LogP) is 4.50. The van der Waals surface area contributed by atoms with E-state index in [2.05, 4.69) is 64.4 Å². The summed E-state index contributed by atoms with van der Waals surface area (Å²) in [6, 6.07) is 19.4. The van der Waals surface area contributed by atoms with Crippen molar-refractivity contribution in [2.75, 3.05) is 50.7 Å². The molecule has 5 heteroatoms. The lowest BCUT2D eigenvalue weighted by atomic mass is 10.1. The summed E-state index contributed by atoms with van der Waals surface area (Å²) in [6.07, 6.45) is 3.38. The first-order valence-corrected chi connectivity index (χ1v) is 11.9. The Morgan fingerprint density at radius 3 is 2.40 bits per heavy atom. The van der Waals surface area contributed by atoms with Crippen molar-refractivity contribution < 1.29 is 4.79 Å². The van der Waals surface area contributed by atoms with Crippen molar-refractivity contribution in [1.82, 2.24) is 9.80 Å². The maximum absolute atomic E-state index is 12.9. The summed E-state index contributed by atoms with van der Waals surface area (Å²) >= 11 is 1.65. The van der Waals surface area contributed by atoms with Crippen LogP contribution in [-0.2, 0) is 6.42 Å². The minimum Gasteiger partial charge on any atom is -0.368 e. The molecule has 0 aliphatic carbocycles. The molecule has 0 spiro atoms. The first-order valence-electron chi connectivity index (χ1n) is 11.1. The number of hydrogen-bond donors (Lipinski definition) is 0. The number of fused-ring (bicyclic) bond motifs is 1. The Balaban J connectivity index is 1.25. The quantitative estimate of drug-likeness (QED) is 0.609. The van der Waals surface area contributed by atoms with Gasteiger partial charge in [0.1, 0.15) is 0 Å². The topological polar surface area (TPSA) is 26.8 Å². The Kier molecular flexibility index (Phi) is 5.73. The average molecular weight is 420 g/mol. The largest absolute Gasteiger partial charge is 0.368 e. The number of anilines is 1. The Hall–Kier alpha value is -2.37. The molecule has 0 bridgehead atoms. The van der Waals surface area contributed by atoms with Crippen LogP contribution in [0.3, 0.4) is 0 Å². The molecule has 3 heterocycles. The van der Waals surface area contributed by atoms with Crippen molar-refractivity contribution in [1.29, 1.82) is 0 Å². The van der Waals surface area contributed by atoms with E-state index < -0.39 is 0 Å². The van der Waals surface area contributed by atoms with Crippen LogP contribution in [0.2, 0.25) is 0 Å². The van der Waals surface area contributed by atoms with Gasteiger partial charge in [-0.25, -0.2) is 0 Å². The van der Waals surface area contributed by atoms with Crippen molar-refractivity contribution in [2.45, 2.75) is 19.3 Å². The van der Waals surface area contributed by atoms with Gasteiger partial charge < -0.3 is 9.80 Å². The molecule has 2 aliphatic heterocycles. The highest BCUT2D eigenvalue weighted by Gasteiger charge is 2.23. The van der Waals surface area contributed by atoms with Crippen LogP contribution in [0.4, 0.5) is 5.69 Å². The van der Waals surface area contributed by atoms with Crippen LogP contribution < -0.4 is 4.90 Å². The molecule has 30 heavy (non-hydrogen) atoms. The van der Waals surface area contributed by atoms with Crippen molar-refractivity contribution in [2.24, 2.45) is 0 Å². The fourth-order valence-electron chi connectivity index (χ4n) is 4.65. The molecular formula is C25H29N3OS. The van der Waals surface area contributed by atoms with Gasteiger partial charge in [0.15, 0.2) is 0 Å². The lowest BCUT2D eigenvalue weighted by molar-refractivity contribution is 0.0797. The highest BCUT2D eigenvalue weighted by molar-refractivity contribution is 7.20. The Labute approximate surface area is 182 Å². The second kappa shape index (κ2) is 8.78. The maximum Gasteiger partial charge on any atom is 0.263 e. The molecule has 2 saturated heterocycles. The normalized spacial score (nSPS) is 17.7. The Morgan fingerprint density at radius 1 is 0.867 bits per heavy atom. The van der Waals surface area contributed by atoms with Gasteiger partial charge in [0.05, 0.1) is 4.88 Å². The smallest absolute Gasteiger partial charge is 0.263 e. The third-order valence-corrected chi connectivity index (χ3v) is 7.50. The number of rotatable bonds is 5. The van der Waals surface area contributed by atoms with Crippen molar-refractivity contribution in [3.8, 4) is 0 Å². The number of benzene rings is 2. The fraction of sp³-hybridized carbons (Fsp3) is 0.400. The molecule has 2 aliphatic rings. The number of thiophene rings is 1.